The first-order valence-electron chi connectivity index (χ1n) is 6.68. The molecule has 4 rings (SSSR count). The molecule has 21 heavy (non-hydrogen) atoms. The van der Waals surface area contributed by atoms with Crippen LogP contribution >= 0.6 is 15.9 Å². The summed E-state index contributed by atoms with van der Waals surface area (Å²) in [6.45, 7) is 0. The first-order chi connectivity index (χ1) is 10.1. The van der Waals surface area contributed by atoms with Crippen LogP contribution in [0.15, 0.2) is 59.3 Å². The average Bonchev–Trinajstić information content (AvgIpc) is 3.00. The number of hydrogen-bond donors (Lipinski definition) is 1. The Hall–Kier alpha value is -2.20. The quantitative estimate of drug-likeness (QED) is 0.539. The van der Waals surface area contributed by atoms with Crippen molar-refractivity contribution in [1.29, 1.82) is 0 Å². The molecule has 0 spiro atoms. The standard InChI is InChI=1S/C17H13BrN2O/c1-19-7-6-11-9-14(3-5-16(11)19)20-10-12-8-13(18)2-4-15(12)17(20)21/h2-10,21H,1H3. The second kappa shape index (κ2) is 4.40. The summed E-state index contributed by atoms with van der Waals surface area (Å²) in [5.41, 5.74) is 2.14. The molecule has 0 saturated heterocycles. The Bertz CT molecular complexity index is 981. The molecule has 0 radical (unpaired) electrons. The normalized spacial score (nSPS) is 11.5. The summed E-state index contributed by atoms with van der Waals surface area (Å²) in [7, 11) is 2.03. The monoisotopic (exact) mass is 340 g/mol. The van der Waals surface area contributed by atoms with Gasteiger partial charge in [-0.15, -0.1) is 0 Å². The van der Waals surface area contributed by atoms with Crippen molar-refractivity contribution >= 4 is 37.6 Å². The van der Waals surface area contributed by atoms with Crippen LogP contribution in [0.25, 0.3) is 27.4 Å². The van der Waals surface area contributed by atoms with Crippen LogP contribution in [-0.4, -0.2) is 14.2 Å². The van der Waals surface area contributed by atoms with Gasteiger partial charge in [-0.25, -0.2) is 0 Å². The summed E-state index contributed by atoms with van der Waals surface area (Å²) < 4.78 is 4.91. The predicted molar refractivity (Wildman–Crippen MR) is 89.1 cm³/mol. The highest BCUT2D eigenvalue weighted by atomic mass is 79.9. The molecule has 0 aliphatic heterocycles. The van der Waals surface area contributed by atoms with E-state index in [0.29, 0.717) is 0 Å². The first-order valence-corrected chi connectivity index (χ1v) is 7.48. The topological polar surface area (TPSA) is 30.1 Å². The third kappa shape index (κ3) is 1.87. The van der Waals surface area contributed by atoms with Gasteiger partial charge < -0.3 is 9.67 Å². The number of nitrogens with zero attached hydrogens (tertiary/aromatic N) is 2. The zero-order chi connectivity index (χ0) is 14.6. The zero-order valence-corrected chi connectivity index (χ0v) is 13.0. The number of hydrogen-bond acceptors (Lipinski definition) is 1. The van der Waals surface area contributed by atoms with Gasteiger partial charge >= 0.3 is 0 Å². The van der Waals surface area contributed by atoms with Crippen molar-refractivity contribution in [3.8, 4) is 11.6 Å². The lowest BCUT2D eigenvalue weighted by atomic mass is 10.2. The lowest BCUT2D eigenvalue weighted by Gasteiger charge is -2.05. The molecular formula is C17H13BrN2O. The van der Waals surface area contributed by atoms with E-state index in [1.165, 1.54) is 5.52 Å². The van der Waals surface area contributed by atoms with E-state index in [-0.39, 0.29) is 5.88 Å². The molecule has 0 unspecified atom stereocenters. The lowest BCUT2D eigenvalue weighted by molar-refractivity contribution is 0.448. The molecule has 0 atom stereocenters. The van der Waals surface area contributed by atoms with Crippen LogP contribution in [0, 0.1) is 0 Å². The van der Waals surface area contributed by atoms with Crippen molar-refractivity contribution in [2.45, 2.75) is 0 Å². The Morgan fingerprint density at radius 1 is 1.00 bits per heavy atom. The molecule has 3 nitrogen and oxygen atoms in total. The number of fused-ring (bicyclic) bond motifs is 2. The number of aromatic nitrogens is 2. The van der Waals surface area contributed by atoms with E-state index in [0.717, 1.165) is 26.3 Å². The van der Waals surface area contributed by atoms with E-state index in [1.54, 1.807) is 0 Å². The van der Waals surface area contributed by atoms with E-state index in [1.807, 2.05) is 48.3 Å². The third-order valence-corrected chi connectivity index (χ3v) is 4.39. The van der Waals surface area contributed by atoms with Crippen LogP contribution in [0.1, 0.15) is 0 Å². The minimum Gasteiger partial charge on any atom is -0.494 e. The Morgan fingerprint density at radius 3 is 2.71 bits per heavy atom. The molecule has 0 saturated carbocycles. The Kier molecular flexibility index (Phi) is 2.62. The second-order valence-corrected chi connectivity index (χ2v) is 6.14. The predicted octanol–water partition coefficient (Wildman–Crippen LogP) is 4.59. The lowest BCUT2D eigenvalue weighted by Crippen LogP contribution is -1.91. The van der Waals surface area contributed by atoms with Gasteiger partial charge in [-0.2, -0.15) is 0 Å². The van der Waals surface area contributed by atoms with Crippen molar-refractivity contribution < 1.29 is 5.11 Å². The fraction of sp³-hybridized carbons (Fsp3) is 0.0588. The van der Waals surface area contributed by atoms with E-state index < -0.39 is 0 Å². The molecule has 4 aromatic rings. The fourth-order valence-electron chi connectivity index (χ4n) is 2.79. The van der Waals surface area contributed by atoms with Crippen LogP contribution in [-0.2, 0) is 7.05 Å². The largest absolute Gasteiger partial charge is 0.494 e. The van der Waals surface area contributed by atoms with Crippen LogP contribution in [0.3, 0.4) is 0 Å². The molecule has 2 heterocycles. The van der Waals surface area contributed by atoms with Crippen molar-refractivity contribution in [3.63, 3.8) is 0 Å². The van der Waals surface area contributed by atoms with Crippen molar-refractivity contribution in [2.24, 2.45) is 7.05 Å². The van der Waals surface area contributed by atoms with Crippen LogP contribution in [0.4, 0.5) is 0 Å². The van der Waals surface area contributed by atoms with Gasteiger partial charge in [0, 0.05) is 51.3 Å². The van der Waals surface area contributed by atoms with Gasteiger partial charge in [0.25, 0.3) is 0 Å². The number of aromatic hydroxyl groups is 1. The van der Waals surface area contributed by atoms with Crippen LogP contribution in [0.5, 0.6) is 5.88 Å². The van der Waals surface area contributed by atoms with Gasteiger partial charge in [0.1, 0.15) is 0 Å². The minimum atomic E-state index is 0.271. The Labute approximate surface area is 130 Å². The maximum atomic E-state index is 10.5. The molecule has 1 N–H and O–H groups in total. The molecule has 2 aromatic carbocycles. The minimum absolute atomic E-state index is 0.271. The molecule has 0 aliphatic rings. The summed E-state index contributed by atoms with van der Waals surface area (Å²) in [4.78, 5) is 0. The van der Waals surface area contributed by atoms with Gasteiger partial charge in [0.05, 0.1) is 0 Å². The van der Waals surface area contributed by atoms with Gasteiger partial charge in [0.15, 0.2) is 0 Å². The second-order valence-electron chi connectivity index (χ2n) is 5.22. The highest BCUT2D eigenvalue weighted by Crippen LogP contribution is 2.32. The summed E-state index contributed by atoms with van der Waals surface area (Å²) in [6.07, 6.45) is 4.00. The number of halogens is 1. The molecule has 4 heteroatoms. The molecule has 0 bridgehead atoms. The van der Waals surface area contributed by atoms with Crippen molar-refractivity contribution in [1.82, 2.24) is 9.13 Å². The number of benzene rings is 2. The SMILES string of the molecule is Cn1ccc2cc(-n3cc4cc(Br)ccc4c3O)ccc21. The Morgan fingerprint density at radius 2 is 1.86 bits per heavy atom. The van der Waals surface area contributed by atoms with Gasteiger partial charge in [0.2, 0.25) is 5.88 Å². The molecule has 0 fully saturated rings. The maximum Gasteiger partial charge on any atom is 0.203 e. The first kappa shape index (κ1) is 12.5. The highest BCUT2D eigenvalue weighted by Gasteiger charge is 2.10. The molecule has 0 amide bonds. The van der Waals surface area contributed by atoms with E-state index >= 15 is 0 Å². The smallest absolute Gasteiger partial charge is 0.203 e. The zero-order valence-electron chi connectivity index (χ0n) is 11.4. The van der Waals surface area contributed by atoms with E-state index in [9.17, 15) is 5.11 Å². The Balaban J connectivity index is 1.96. The number of rotatable bonds is 1. The van der Waals surface area contributed by atoms with E-state index in [4.69, 9.17) is 0 Å². The van der Waals surface area contributed by atoms with Gasteiger partial charge in [-0.1, -0.05) is 15.9 Å². The van der Waals surface area contributed by atoms with E-state index in [2.05, 4.69) is 38.7 Å². The molecule has 104 valence electrons. The highest BCUT2D eigenvalue weighted by molar-refractivity contribution is 9.10. The number of aryl methyl sites for hydroxylation is 1. The summed E-state index contributed by atoms with van der Waals surface area (Å²) in [5.74, 6) is 0.271. The van der Waals surface area contributed by atoms with Crippen LogP contribution < -0.4 is 0 Å². The molecule has 0 aliphatic carbocycles. The average molecular weight is 341 g/mol. The molecular weight excluding hydrogens is 328 g/mol. The summed E-state index contributed by atoms with van der Waals surface area (Å²) in [5, 5.41) is 13.5. The molecule has 2 aromatic heterocycles. The van der Waals surface area contributed by atoms with Crippen molar-refractivity contribution in [2.75, 3.05) is 0 Å². The summed E-state index contributed by atoms with van der Waals surface area (Å²) >= 11 is 3.46. The van der Waals surface area contributed by atoms with Crippen molar-refractivity contribution in [3.05, 3.63) is 59.3 Å². The van der Waals surface area contributed by atoms with Crippen LogP contribution in [0.2, 0.25) is 0 Å². The van der Waals surface area contributed by atoms with Gasteiger partial charge in [-0.05, 0) is 42.5 Å². The van der Waals surface area contributed by atoms with Gasteiger partial charge in [-0.3, -0.25) is 4.57 Å². The third-order valence-electron chi connectivity index (χ3n) is 3.90. The maximum absolute atomic E-state index is 10.5. The summed E-state index contributed by atoms with van der Waals surface area (Å²) in [6, 6.07) is 14.1. The fourth-order valence-corrected chi connectivity index (χ4v) is 3.17.